The van der Waals surface area contributed by atoms with E-state index in [1.807, 2.05) is 7.05 Å². The standard InChI is InChI=1S/C11H20N4O/c1-3-4-5-6-8-12-11(16)13-10-7-9-15(2)14-10/h7,9H,3-6,8H2,1-2H3,(H2,12,13,14,16). The van der Waals surface area contributed by atoms with Crippen LogP contribution in [-0.4, -0.2) is 22.4 Å². The van der Waals surface area contributed by atoms with Gasteiger partial charge in [0.15, 0.2) is 5.82 Å². The van der Waals surface area contributed by atoms with Crippen LogP contribution in [0.2, 0.25) is 0 Å². The molecule has 0 aromatic carbocycles. The summed E-state index contributed by atoms with van der Waals surface area (Å²) in [5.74, 6) is 0.577. The first-order chi connectivity index (χ1) is 7.72. The largest absolute Gasteiger partial charge is 0.338 e. The van der Waals surface area contributed by atoms with Gasteiger partial charge in [-0.3, -0.25) is 10.00 Å². The minimum atomic E-state index is -0.185. The first-order valence-electron chi connectivity index (χ1n) is 5.77. The molecule has 1 aromatic heterocycles. The number of anilines is 1. The molecule has 0 aliphatic heterocycles. The van der Waals surface area contributed by atoms with Crippen molar-refractivity contribution in [3.63, 3.8) is 0 Å². The number of carbonyl (C=O) groups excluding carboxylic acids is 1. The van der Waals surface area contributed by atoms with Crippen LogP contribution in [0, 0.1) is 0 Å². The van der Waals surface area contributed by atoms with Crippen LogP contribution in [0.1, 0.15) is 32.6 Å². The quantitative estimate of drug-likeness (QED) is 0.727. The van der Waals surface area contributed by atoms with Crippen molar-refractivity contribution in [1.29, 1.82) is 0 Å². The molecule has 0 aliphatic rings. The van der Waals surface area contributed by atoms with Gasteiger partial charge < -0.3 is 5.32 Å². The summed E-state index contributed by atoms with van der Waals surface area (Å²) in [4.78, 5) is 11.4. The molecule has 2 N–H and O–H groups in total. The van der Waals surface area contributed by atoms with Crippen molar-refractivity contribution < 1.29 is 4.79 Å². The molecule has 1 rings (SSSR count). The second kappa shape index (κ2) is 6.87. The number of carbonyl (C=O) groups is 1. The lowest BCUT2D eigenvalue weighted by atomic mass is 10.2. The van der Waals surface area contributed by atoms with E-state index in [0.717, 1.165) is 13.0 Å². The fourth-order valence-corrected chi connectivity index (χ4v) is 1.40. The molecule has 0 radical (unpaired) electrons. The van der Waals surface area contributed by atoms with Crippen molar-refractivity contribution in [2.75, 3.05) is 11.9 Å². The van der Waals surface area contributed by atoms with E-state index in [1.54, 1.807) is 16.9 Å². The number of hydrogen-bond donors (Lipinski definition) is 2. The zero-order valence-electron chi connectivity index (χ0n) is 9.99. The molecule has 0 spiro atoms. The van der Waals surface area contributed by atoms with Gasteiger partial charge in [-0.1, -0.05) is 26.2 Å². The number of nitrogens with zero attached hydrogens (tertiary/aromatic N) is 2. The minimum absolute atomic E-state index is 0.185. The molecule has 0 saturated heterocycles. The van der Waals surface area contributed by atoms with Crippen LogP contribution in [0.25, 0.3) is 0 Å². The average Bonchev–Trinajstić information content (AvgIpc) is 2.63. The van der Waals surface area contributed by atoms with Crippen LogP contribution in [0.15, 0.2) is 12.3 Å². The molecule has 5 heteroatoms. The third-order valence-electron chi connectivity index (χ3n) is 2.27. The zero-order chi connectivity index (χ0) is 11.8. The molecule has 1 aromatic rings. The van der Waals surface area contributed by atoms with E-state index in [0.29, 0.717) is 5.82 Å². The summed E-state index contributed by atoms with van der Waals surface area (Å²) in [5, 5.41) is 9.52. The number of aryl methyl sites for hydroxylation is 1. The van der Waals surface area contributed by atoms with Gasteiger partial charge in [-0.15, -0.1) is 0 Å². The fraction of sp³-hybridized carbons (Fsp3) is 0.636. The van der Waals surface area contributed by atoms with Gasteiger partial charge in [-0.2, -0.15) is 5.10 Å². The smallest absolute Gasteiger partial charge is 0.320 e. The first kappa shape index (κ1) is 12.5. The summed E-state index contributed by atoms with van der Waals surface area (Å²) in [6.07, 6.45) is 6.42. The highest BCUT2D eigenvalue weighted by Gasteiger charge is 2.02. The molecule has 0 saturated carbocycles. The summed E-state index contributed by atoms with van der Waals surface area (Å²) in [5.41, 5.74) is 0. The lowest BCUT2D eigenvalue weighted by Gasteiger charge is -2.04. The number of urea groups is 1. The molecular weight excluding hydrogens is 204 g/mol. The second-order valence-corrected chi connectivity index (χ2v) is 3.82. The Morgan fingerprint density at radius 3 is 2.88 bits per heavy atom. The maximum Gasteiger partial charge on any atom is 0.320 e. The van der Waals surface area contributed by atoms with Crippen molar-refractivity contribution in [2.24, 2.45) is 7.05 Å². The summed E-state index contributed by atoms with van der Waals surface area (Å²) in [6, 6.07) is 1.58. The highest BCUT2D eigenvalue weighted by Crippen LogP contribution is 2.00. The Morgan fingerprint density at radius 1 is 1.44 bits per heavy atom. The highest BCUT2D eigenvalue weighted by molar-refractivity contribution is 5.88. The van der Waals surface area contributed by atoms with Gasteiger partial charge in [0, 0.05) is 25.9 Å². The third kappa shape index (κ3) is 4.82. The van der Waals surface area contributed by atoms with Crippen LogP contribution >= 0.6 is 0 Å². The molecule has 0 aliphatic carbocycles. The first-order valence-corrected chi connectivity index (χ1v) is 5.77. The van der Waals surface area contributed by atoms with Crippen molar-refractivity contribution in [1.82, 2.24) is 15.1 Å². The maximum atomic E-state index is 11.4. The van der Waals surface area contributed by atoms with Crippen LogP contribution in [-0.2, 0) is 7.05 Å². The molecular formula is C11H20N4O. The Labute approximate surface area is 96.2 Å². The van der Waals surface area contributed by atoms with Crippen LogP contribution in [0.4, 0.5) is 10.6 Å². The summed E-state index contributed by atoms with van der Waals surface area (Å²) in [6.45, 7) is 2.89. The normalized spacial score (nSPS) is 10.1. The Balaban J connectivity index is 2.11. The summed E-state index contributed by atoms with van der Waals surface area (Å²) in [7, 11) is 1.81. The molecule has 0 unspecified atom stereocenters. The second-order valence-electron chi connectivity index (χ2n) is 3.82. The van der Waals surface area contributed by atoms with E-state index >= 15 is 0 Å². The minimum Gasteiger partial charge on any atom is -0.338 e. The van der Waals surface area contributed by atoms with Crippen molar-refractivity contribution in [3.05, 3.63) is 12.3 Å². The molecule has 0 fully saturated rings. The van der Waals surface area contributed by atoms with Crippen molar-refractivity contribution >= 4 is 11.8 Å². The van der Waals surface area contributed by atoms with Crippen molar-refractivity contribution in [2.45, 2.75) is 32.6 Å². The molecule has 2 amide bonds. The molecule has 90 valence electrons. The Kier molecular flexibility index (Phi) is 5.39. The van der Waals surface area contributed by atoms with Gasteiger partial charge in [0.25, 0.3) is 0 Å². The van der Waals surface area contributed by atoms with Crippen LogP contribution in [0.5, 0.6) is 0 Å². The number of aromatic nitrogens is 2. The molecule has 0 atom stereocenters. The van der Waals surface area contributed by atoms with Crippen molar-refractivity contribution in [3.8, 4) is 0 Å². The van der Waals surface area contributed by atoms with E-state index in [9.17, 15) is 4.79 Å². The number of amides is 2. The third-order valence-corrected chi connectivity index (χ3v) is 2.27. The van der Waals surface area contributed by atoms with Crippen LogP contribution in [0.3, 0.4) is 0 Å². The fourth-order valence-electron chi connectivity index (χ4n) is 1.40. The maximum absolute atomic E-state index is 11.4. The van der Waals surface area contributed by atoms with Gasteiger partial charge in [0.2, 0.25) is 0 Å². The van der Waals surface area contributed by atoms with Gasteiger partial charge >= 0.3 is 6.03 Å². The van der Waals surface area contributed by atoms with Gasteiger partial charge in [0.05, 0.1) is 0 Å². The zero-order valence-corrected chi connectivity index (χ0v) is 9.99. The van der Waals surface area contributed by atoms with E-state index in [-0.39, 0.29) is 6.03 Å². The SMILES string of the molecule is CCCCCCNC(=O)Nc1ccn(C)n1. The van der Waals surface area contributed by atoms with Gasteiger partial charge in [0.1, 0.15) is 0 Å². The summed E-state index contributed by atoms with van der Waals surface area (Å²) < 4.78 is 1.65. The Morgan fingerprint density at radius 2 is 2.25 bits per heavy atom. The molecule has 5 nitrogen and oxygen atoms in total. The number of nitrogens with one attached hydrogen (secondary N) is 2. The van der Waals surface area contributed by atoms with E-state index in [4.69, 9.17) is 0 Å². The van der Waals surface area contributed by atoms with Crippen LogP contribution < -0.4 is 10.6 Å². The predicted molar refractivity (Wildman–Crippen MR) is 64.4 cm³/mol. The number of rotatable bonds is 6. The molecule has 16 heavy (non-hydrogen) atoms. The molecule has 0 bridgehead atoms. The highest BCUT2D eigenvalue weighted by atomic mass is 16.2. The van der Waals surface area contributed by atoms with Gasteiger partial charge in [-0.05, 0) is 6.42 Å². The van der Waals surface area contributed by atoms with Gasteiger partial charge in [-0.25, -0.2) is 4.79 Å². The predicted octanol–water partition coefficient (Wildman–Crippen LogP) is 2.12. The molecule has 1 heterocycles. The Hall–Kier alpha value is -1.52. The monoisotopic (exact) mass is 224 g/mol. The number of hydrogen-bond acceptors (Lipinski definition) is 2. The lowest BCUT2D eigenvalue weighted by molar-refractivity contribution is 0.252. The van der Waals surface area contributed by atoms with E-state index < -0.39 is 0 Å². The topological polar surface area (TPSA) is 59.0 Å². The Bertz CT molecular complexity index is 322. The van der Waals surface area contributed by atoms with E-state index in [2.05, 4.69) is 22.7 Å². The van der Waals surface area contributed by atoms with E-state index in [1.165, 1.54) is 19.3 Å². The number of unbranched alkanes of at least 4 members (excludes halogenated alkanes) is 3. The lowest BCUT2D eigenvalue weighted by Crippen LogP contribution is -2.29. The average molecular weight is 224 g/mol. The summed E-state index contributed by atoms with van der Waals surface area (Å²) >= 11 is 0.